The molecule has 0 aliphatic rings. The normalized spacial score (nSPS) is 11.7. The Morgan fingerprint density at radius 1 is 1.42 bits per heavy atom. The van der Waals surface area contributed by atoms with Crippen LogP contribution in [0.2, 0.25) is 0 Å². The van der Waals surface area contributed by atoms with Crippen LogP contribution in [-0.4, -0.2) is 24.3 Å². The van der Waals surface area contributed by atoms with Crippen molar-refractivity contribution < 1.29 is 14.4 Å². The van der Waals surface area contributed by atoms with Crippen LogP contribution in [0.1, 0.15) is 12.8 Å². The summed E-state index contributed by atoms with van der Waals surface area (Å²) in [5, 5.41) is 2.15. The topological polar surface area (TPSA) is 115 Å². The summed E-state index contributed by atoms with van der Waals surface area (Å²) >= 11 is 0. The number of carbonyl (C=O) groups excluding carboxylic acids is 3. The fraction of sp³-hybridized carbons (Fsp3) is 0.500. The second kappa shape index (κ2) is 5.11. The number of primary amides is 2. The van der Waals surface area contributed by atoms with Crippen LogP contribution in [0.4, 0.5) is 4.79 Å². The minimum atomic E-state index is -0.795. The number of nitrogens with two attached hydrogens (primary N) is 2. The van der Waals surface area contributed by atoms with Crippen molar-refractivity contribution in [1.29, 1.82) is 0 Å². The summed E-state index contributed by atoms with van der Waals surface area (Å²) in [6, 6.07) is -1.52. The summed E-state index contributed by atoms with van der Waals surface area (Å²) < 4.78 is 0. The van der Waals surface area contributed by atoms with Crippen LogP contribution in [0.25, 0.3) is 0 Å². The lowest BCUT2D eigenvalue weighted by Crippen LogP contribution is -2.40. The summed E-state index contributed by atoms with van der Waals surface area (Å²) in [5.41, 5.74) is 9.58. The number of nitrogens with one attached hydrogen (secondary N) is 1. The number of hydrogen-bond acceptors (Lipinski definition) is 3. The molecular weight excluding hydrogens is 162 g/mol. The predicted molar refractivity (Wildman–Crippen MR) is 41.0 cm³/mol. The number of rotatable bonds is 5. The molecule has 3 amide bonds. The highest BCUT2D eigenvalue weighted by molar-refractivity contribution is 5.77. The van der Waals surface area contributed by atoms with Gasteiger partial charge in [-0.2, -0.15) is 0 Å². The van der Waals surface area contributed by atoms with E-state index in [9.17, 15) is 14.4 Å². The van der Waals surface area contributed by atoms with Crippen molar-refractivity contribution >= 4 is 18.2 Å². The summed E-state index contributed by atoms with van der Waals surface area (Å²) in [5.74, 6) is -0.520. The molecule has 6 nitrogen and oxygen atoms in total. The second-order valence-electron chi connectivity index (χ2n) is 2.26. The molecule has 6 heteroatoms. The fourth-order valence-corrected chi connectivity index (χ4v) is 0.655. The monoisotopic (exact) mass is 173 g/mol. The van der Waals surface area contributed by atoms with Gasteiger partial charge in [0.2, 0.25) is 5.91 Å². The average Bonchev–Trinajstić information content (AvgIpc) is 1.97. The van der Waals surface area contributed by atoms with Crippen LogP contribution in [-0.2, 0) is 9.59 Å². The molecule has 0 aromatic carbocycles. The van der Waals surface area contributed by atoms with Crippen LogP contribution in [0, 0.1) is 0 Å². The first-order chi connectivity index (χ1) is 5.56. The number of urea groups is 1. The van der Waals surface area contributed by atoms with Crippen molar-refractivity contribution in [2.24, 2.45) is 11.5 Å². The lowest BCUT2D eigenvalue weighted by molar-refractivity contribution is -0.118. The van der Waals surface area contributed by atoms with E-state index in [4.69, 9.17) is 11.5 Å². The molecule has 0 bridgehead atoms. The van der Waals surface area contributed by atoms with Crippen LogP contribution >= 0.6 is 0 Å². The molecule has 0 rings (SSSR count). The first-order valence-corrected chi connectivity index (χ1v) is 3.36. The van der Waals surface area contributed by atoms with Crippen molar-refractivity contribution in [2.75, 3.05) is 0 Å². The van der Waals surface area contributed by atoms with E-state index in [1.807, 2.05) is 0 Å². The third-order valence-corrected chi connectivity index (χ3v) is 1.19. The summed E-state index contributed by atoms with van der Waals surface area (Å²) in [6.07, 6.45) is 0.735. The highest BCUT2D eigenvalue weighted by Gasteiger charge is 2.09. The van der Waals surface area contributed by atoms with E-state index >= 15 is 0 Å². The van der Waals surface area contributed by atoms with E-state index in [1.54, 1.807) is 0 Å². The van der Waals surface area contributed by atoms with E-state index in [0.717, 1.165) is 0 Å². The largest absolute Gasteiger partial charge is 0.370 e. The molecule has 0 aliphatic heterocycles. The molecule has 12 heavy (non-hydrogen) atoms. The van der Waals surface area contributed by atoms with Crippen molar-refractivity contribution in [2.45, 2.75) is 18.9 Å². The zero-order valence-corrected chi connectivity index (χ0v) is 6.45. The summed E-state index contributed by atoms with van der Waals surface area (Å²) in [4.78, 5) is 30.7. The number of hydrogen-bond donors (Lipinski definition) is 3. The molecule has 0 fully saturated rings. The van der Waals surface area contributed by atoms with Crippen LogP contribution in [0.15, 0.2) is 0 Å². The summed E-state index contributed by atoms with van der Waals surface area (Å²) in [7, 11) is 0. The first kappa shape index (κ1) is 10.4. The maximum Gasteiger partial charge on any atom is 0.312 e. The molecule has 0 heterocycles. The van der Waals surface area contributed by atoms with Gasteiger partial charge in [0.05, 0.1) is 6.04 Å². The smallest absolute Gasteiger partial charge is 0.312 e. The minimum absolute atomic E-state index is 0.0453. The number of carbonyl (C=O) groups is 3. The van der Waals surface area contributed by atoms with Gasteiger partial charge in [0.25, 0.3) is 0 Å². The van der Waals surface area contributed by atoms with Crippen molar-refractivity contribution in [1.82, 2.24) is 5.32 Å². The quantitative estimate of drug-likeness (QED) is 0.439. The molecule has 0 aromatic heterocycles. The van der Waals surface area contributed by atoms with Gasteiger partial charge in [0, 0.05) is 6.42 Å². The molecule has 0 aromatic rings. The van der Waals surface area contributed by atoms with Crippen LogP contribution in [0.3, 0.4) is 0 Å². The Hall–Kier alpha value is -1.59. The van der Waals surface area contributed by atoms with Gasteiger partial charge < -0.3 is 21.6 Å². The third-order valence-electron chi connectivity index (χ3n) is 1.19. The van der Waals surface area contributed by atoms with Crippen molar-refractivity contribution in [3.8, 4) is 0 Å². The van der Waals surface area contributed by atoms with Gasteiger partial charge in [0.15, 0.2) is 0 Å². The lowest BCUT2D eigenvalue weighted by Gasteiger charge is -2.08. The highest BCUT2D eigenvalue weighted by Crippen LogP contribution is 1.92. The molecule has 5 N–H and O–H groups in total. The Morgan fingerprint density at radius 2 is 2.00 bits per heavy atom. The number of amides is 3. The maximum atomic E-state index is 10.3. The Balaban J connectivity index is 3.75. The van der Waals surface area contributed by atoms with Gasteiger partial charge in [-0.3, -0.25) is 4.79 Å². The maximum absolute atomic E-state index is 10.3. The Morgan fingerprint density at radius 3 is 2.33 bits per heavy atom. The van der Waals surface area contributed by atoms with Gasteiger partial charge in [0.1, 0.15) is 6.29 Å². The van der Waals surface area contributed by atoms with Gasteiger partial charge in [-0.25, -0.2) is 4.79 Å². The van der Waals surface area contributed by atoms with Crippen LogP contribution < -0.4 is 16.8 Å². The fourth-order valence-electron chi connectivity index (χ4n) is 0.655. The first-order valence-electron chi connectivity index (χ1n) is 3.36. The molecule has 0 saturated carbocycles. The Kier molecular flexibility index (Phi) is 4.43. The van der Waals surface area contributed by atoms with E-state index in [0.29, 0.717) is 6.29 Å². The van der Waals surface area contributed by atoms with Gasteiger partial charge in [-0.05, 0) is 6.42 Å². The Bertz CT molecular complexity index is 192. The van der Waals surface area contributed by atoms with Gasteiger partial charge in [-0.15, -0.1) is 0 Å². The Labute approximate surface area is 69.3 Å². The third kappa shape index (κ3) is 5.21. The van der Waals surface area contributed by atoms with E-state index in [2.05, 4.69) is 5.32 Å². The highest BCUT2D eigenvalue weighted by atomic mass is 16.2. The minimum Gasteiger partial charge on any atom is -0.370 e. The molecule has 0 unspecified atom stereocenters. The van der Waals surface area contributed by atoms with E-state index < -0.39 is 18.0 Å². The SMILES string of the molecule is NC(=O)CC[C@@H](C=O)NC(N)=O. The van der Waals surface area contributed by atoms with Crippen LogP contribution in [0.5, 0.6) is 0 Å². The molecule has 0 aliphatic carbocycles. The molecule has 0 saturated heterocycles. The van der Waals surface area contributed by atoms with Gasteiger partial charge >= 0.3 is 6.03 Å². The number of aldehydes is 1. The van der Waals surface area contributed by atoms with Gasteiger partial charge in [-0.1, -0.05) is 0 Å². The summed E-state index contributed by atoms with van der Waals surface area (Å²) in [6.45, 7) is 0. The standard InChI is InChI=1S/C6H11N3O3/c7-5(11)2-1-4(3-10)9-6(8)12/h3-4H,1-2H2,(H2,7,11)(H3,8,9,12)/t4-/m0/s1. The lowest BCUT2D eigenvalue weighted by atomic mass is 10.2. The molecule has 68 valence electrons. The molecule has 0 radical (unpaired) electrons. The molecular formula is C6H11N3O3. The average molecular weight is 173 g/mol. The van der Waals surface area contributed by atoms with Crippen molar-refractivity contribution in [3.05, 3.63) is 0 Å². The zero-order valence-electron chi connectivity index (χ0n) is 6.45. The van der Waals surface area contributed by atoms with E-state index in [1.165, 1.54) is 0 Å². The molecule has 0 spiro atoms. The van der Waals surface area contributed by atoms with E-state index in [-0.39, 0.29) is 12.8 Å². The second-order valence-corrected chi connectivity index (χ2v) is 2.26. The van der Waals surface area contributed by atoms with Crippen molar-refractivity contribution in [3.63, 3.8) is 0 Å². The predicted octanol–water partition coefficient (Wildman–Crippen LogP) is -1.51. The zero-order chi connectivity index (χ0) is 9.56. The molecule has 1 atom stereocenters.